The molecule has 2 aromatic heterocycles. The zero-order chi connectivity index (χ0) is 19.8. The zero-order valence-corrected chi connectivity index (χ0v) is 16.4. The predicted molar refractivity (Wildman–Crippen MR) is 114 cm³/mol. The molecule has 0 atom stereocenters. The maximum atomic E-state index is 13.9. The fraction of sp³-hybridized carbons (Fsp3) is 0.125. The first-order valence-corrected chi connectivity index (χ1v) is 10.5. The van der Waals surface area contributed by atoms with Gasteiger partial charge in [-0.2, -0.15) is 0 Å². The van der Waals surface area contributed by atoms with Crippen LogP contribution in [0.5, 0.6) is 0 Å². The van der Waals surface area contributed by atoms with Crippen LogP contribution in [0.15, 0.2) is 71.9 Å². The highest BCUT2D eigenvalue weighted by molar-refractivity contribution is 7.99. The van der Waals surface area contributed by atoms with Crippen LogP contribution in [0, 0.1) is 11.6 Å². The third-order valence-corrected chi connectivity index (χ3v) is 6.44. The Kier molecular flexibility index (Phi) is 4.68. The highest BCUT2D eigenvalue weighted by Gasteiger charge is 2.17. The zero-order valence-electron chi connectivity index (χ0n) is 15.6. The number of aromatic nitrogens is 2. The Bertz CT molecular complexity index is 1180. The summed E-state index contributed by atoms with van der Waals surface area (Å²) < 4.78 is 27.4. The Labute approximate surface area is 172 Å². The summed E-state index contributed by atoms with van der Waals surface area (Å²) in [4.78, 5) is 8.89. The molecule has 0 fully saturated rings. The molecule has 0 spiro atoms. The lowest BCUT2D eigenvalue weighted by molar-refractivity contribution is 0.509. The number of nitrogens with zero attached hydrogens (tertiary/aromatic N) is 1. The van der Waals surface area contributed by atoms with Gasteiger partial charge in [-0.3, -0.25) is 4.98 Å². The molecule has 144 valence electrons. The number of rotatable bonds is 3. The van der Waals surface area contributed by atoms with Gasteiger partial charge in [0.05, 0.1) is 5.69 Å². The summed E-state index contributed by atoms with van der Waals surface area (Å²) in [5.74, 6) is -0.537. The van der Waals surface area contributed by atoms with Crippen molar-refractivity contribution in [1.29, 1.82) is 0 Å². The fourth-order valence-electron chi connectivity index (χ4n) is 3.78. The van der Waals surface area contributed by atoms with E-state index >= 15 is 0 Å². The number of nitrogens with one attached hydrogen (secondary N) is 1. The van der Waals surface area contributed by atoms with Crippen molar-refractivity contribution in [2.45, 2.75) is 17.7 Å². The molecule has 1 aliphatic heterocycles. The van der Waals surface area contributed by atoms with Crippen molar-refractivity contribution in [3.05, 3.63) is 84.2 Å². The normalized spacial score (nSPS) is 13.3. The van der Waals surface area contributed by atoms with Gasteiger partial charge in [-0.25, -0.2) is 8.78 Å². The fourth-order valence-corrected chi connectivity index (χ4v) is 4.80. The molecule has 5 heteroatoms. The monoisotopic (exact) mass is 404 g/mol. The van der Waals surface area contributed by atoms with E-state index in [1.54, 1.807) is 18.5 Å². The molecule has 0 saturated carbocycles. The molecule has 0 amide bonds. The highest BCUT2D eigenvalue weighted by atomic mass is 32.2. The van der Waals surface area contributed by atoms with E-state index in [1.807, 2.05) is 23.9 Å². The van der Waals surface area contributed by atoms with E-state index in [0.29, 0.717) is 5.56 Å². The molecule has 0 aliphatic carbocycles. The molecule has 29 heavy (non-hydrogen) atoms. The lowest BCUT2D eigenvalue weighted by atomic mass is 10.0. The number of pyridine rings is 1. The van der Waals surface area contributed by atoms with Gasteiger partial charge >= 0.3 is 0 Å². The Morgan fingerprint density at radius 1 is 0.828 bits per heavy atom. The van der Waals surface area contributed by atoms with Crippen molar-refractivity contribution >= 4 is 11.8 Å². The van der Waals surface area contributed by atoms with Crippen LogP contribution in [0.25, 0.3) is 33.6 Å². The van der Waals surface area contributed by atoms with Crippen LogP contribution >= 0.6 is 11.8 Å². The quantitative estimate of drug-likeness (QED) is 0.410. The number of aromatic amines is 1. The lowest BCUT2D eigenvalue weighted by Gasteiger charge is -2.15. The van der Waals surface area contributed by atoms with Gasteiger partial charge < -0.3 is 4.98 Å². The Balaban J connectivity index is 1.66. The van der Waals surface area contributed by atoms with E-state index in [2.05, 4.69) is 34.2 Å². The number of fused-ring (bicyclic) bond motifs is 1. The van der Waals surface area contributed by atoms with Crippen molar-refractivity contribution in [2.24, 2.45) is 0 Å². The van der Waals surface area contributed by atoms with Gasteiger partial charge in [0.25, 0.3) is 0 Å². The summed E-state index contributed by atoms with van der Waals surface area (Å²) in [7, 11) is 0. The topological polar surface area (TPSA) is 28.7 Å². The number of hydrogen-bond donors (Lipinski definition) is 1. The maximum Gasteiger partial charge on any atom is 0.159 e. The maximum absolute atomic E-state index is 13.9. The van der Waals surface area contributed by atoms with E-state index < -0.39 is 11.6 Å². The van der Waals surface area contributed by atoms with E-state index in [-0.39, 0.29) is 0 Å². The molecule has 0 saturated heterocycles. The number of hydrogen-bond acceptors (Lipinski definition) is 2. The van der Waals surface area contributed by atoms with Crippen LogP contribution in [0.2, 0.25) is 0 Å². The summed E-state index contributed by atoms with van der Waals surface area (Å²) in [5, 5.41) is 0. The molecular formula is C24H18F2N2S. The van der Waals surface area contributed by atoms with Crippen molar-refractivity contribution in [3.8, 4) is 33.6 Å². The highest BCUT2D eigenvalue weighted by Crippen LogP contribution is 2.38. The van der Waals surface area contributed by atoms with E-state index in [9.17, 15) is 8.78 Å². The lowest BCUT2D eigenvalue weighted by Crippen LogP contribution is -1.98. The second-order valence-corrected chi connectivity index (χ2v) is 8.25. The van der Waals surface area contributed by atoms with Gasteiger partial charge in [-0.1, -0.05) is 6.07 Å². The van der Waals surface area contributed by atoms with Crippen molar-refractivity contribution in [1.82, 2.24) is 9.97 Å². The first-order valence-electron chi connectivity index (χ1n) is 9.54. The average Bonchev–Trinajstić information content (AvgIpc) is 3.21. The van der Waals surface area contributed by atoms with Gasteiger partial charge in [0.2, 0.25) is 0 Å². The van der Waals surface area contributed by atoms with E-state index in [4.69, 9.17) is 0 Å². The minimum absolute atomic E-state index is 0.607. The second-order valence-electron chi connectivity index (χ2n) is 7.11. The number of thioether (sulfide) groups is 1. The van der Waals surface area contributed by atoms with Gasteiger partial charge in [-0.15, -0.1) is 11.8 Å². The van der Waals surface area contributed by atoms with E-state index in [0.717, 1.165) is 40.6 Å². The van der Waals surface area contributed by atoms with E-state index in [1.165, 1.54) is 28.7 Å². The number of benzene rings is 2. The largest absolute Gasteiger partial charge is 0.354 e. The van der Waals surface area contributed by atoms with Crippen LogP contribution in [-0.2, 0) is 6.42 Å². The van der Waals surface area contributed by atoms with Crippen molar-refractivity contribution < 1.29 is 8.78 Å². The van der Waals surface area contributed by atoms with Gasteiger partial charge in [0.1, 0.15) is 0 Å². The minimum atomic E-state index is -0.856. The van der Waals surface area contributed by atoms with Crippen LogP contribution in [-0.4, -0.2) is 15.7 Å². The predicted octanol–water partition coefficient (Wildman–Crippen LogP) is 6.73. The smallest absolute Gasteiger partial charge is 0.159 e. The Hall–Kier alpha value is -2.92. The SMILES string of the molecule is Fc1ccc(-c2[nH]c(-c3ccc4c(c3)CCCS4)cc2-c2ccncc2)cc1F. The first kappa shape index (κ1) is 18.1. The standard InChI is InChI=1S/C24H18F2N2S/c25-20-5-3-18(13-21(20)26)24-19(15-7-9-27-10-8-15)14-22(28-24)16-4-6-23-17(12-16)2-1-11-29-23/h3-10,12-14,28H,1-2,11H2. The minimum Gasteiger partial charge on any atom is -0.354 e. The van der Waals surface area contributed by atoms with Crippen LogP contribution in [0.1, 0.15) is 12.0 Å². The molecule has 2 nitrogen and oxygen atoms in total. The number of aryl methyl sites for hydroxylation is 1. The van der Waals surface area contributed by atoms with Crippen molar-refractivity contribution in [2.75, 3.05) is 5.75 Å². The molecule has 0 unspecified atom stereocenters. The summed E-state index contributed by atoms with van der Waals surface area (Å²) in [6.45, 7) is 0. The Morgan fingerprint density at radius 3 is 2.48 bits per heavy atom. The van der Waals surface area contributed by atoms with Crippen LogP contribution < -0.4 is 0 Å². The third kappa shape index (κ3) is 3.47. The molecule has 0 bridgehead atoms. The van der Waals surface area contributed by atoms with Gasteiger partial charge in [0, 0.05) is 34.1 Å². The van der Waals surface area contributed by atoms with Crippen LogP contribution in [0.4, 0.5) is 8.78 Å². The molecule has 0 radical (unpaired) electrons. The molecule has 1 aliphatic rings. The summed E-state index contributed by atoms with van der Waals surface area (Å²) in [6, 6.07) is 16.4. The first-order chi connectivity index (χ1) is 14.2. The summed E-state index contributed by atoms with van der Waals surface area (Å²) in [5.41, 5.74) is 6.68. The average molecular weight is 404 g/mol. The Morgan fingerprint density at radius 2 is 1.66 bits per heavy atom. The summed E-state index contributed by atoms with van der Waals surface area (Å²) >= 11 is 1.90. The molecule has 2 aromatic carbocycles. The molecule has 4 aromatic rings. The summed E-state index contributed by atoms with van der Waals surface area (Å²) in [6.07, 6.45) is 5.73. The number of H-pyrrole nitrogens is 1. The van der Waals surface area contributed by atoms with Gasteiger partial charge in [-0.05, 0) is 83.8 Å². The third-order valence-electron chi connectivity index (χ3n) is 5.24. The molecule has 5 rings (SSSR count). The van der Waals surface area contributed by atoms with Crippen LogP contribution in [0.3, 0.4) is 0 Å². The van der Waals surface area contributed by atoms with Crippen molar-refractivity contribution in [3.63, 3.8) is 0 Å². The van der Waals surface area contributed by atoms with Gasteiger partial charge in [0.15, 0.2) is 11.6 Å². The second kappa shape index (κ2) is 7.48. The number of halogens is 2. The molecular weight excluding hydrogens is 386 g/mol. The molecule has 1 N–H and O–H groups in total. The molecule has 3 heterocycles.